The minimum Gasteiger partial charge on any atom is -0.508 e. The molecule has 7 nitrogen and oxygen atoms in total. The number of aromatic hydroxyl groups is 1. The summed E-state index contributed by atoms with van der Waals surface area (Å²) in [7, 11) is 1.60. The summed E-state index contributed by atoms with van der Waals surface area (Å²) in [5.74, 6) is -0.635. The summed E-state index contributed by atoms with van der Waals surface area (Å²) in [5.41, 5.74) is 6.02. The molecular formula is C14H21NO6. The zero-order chi connectivity index (χ0) is 15.5. The minimum atomic E-state index is -0.594. The number of hydrogen-bond acceptors (Lipinski definition) is 7. The maximum Gasteiger partial charge on any atom is 0.340 e. The lowest BCUT2D eigenvalue weighted by Gasteiger charge is -2.08. The minimum absolute atomic E-state index is 0.0411. The van der Waals surface area contributed by atoms with Gasteiger partial charge in [-0.3, -0.25) is 0 Å². The van der Waals surface area contributed by atoms with Crippen LogP contribution in [0.4, 0.5) is 5.69 Å². The molecule has 0 saturated carbocycles. The molecule has 0 fully saturated rings. The summed E-state index contributed by atoms with van der Waals surface area (Å²) in [6.07, 6.45) is 0. The first-order chi connectivity index (χ1) is 10.1. The fourth-order valence-electron chi connectivity index (χ4n) is 1.46. The van der Waals surface area contributed by atoms with Crippen molar-refractivity contribution in [2.45, 2.75) is 0 Å². The summed E-state index contributed by atoms with van der Waals surface area (Å²) in [6.45, 7) is 2.30. The predicted molar refractivity (Wildman–Crippen MR) is 76.3 cm³/mol. The lowest BCUT2D eigenvalue weighted by molar-refractivity contribution is 0.00573. The number of esters is 1. The van der Waals surface area contributed by atoms with E-state index in [4.69, 9.17) is 24.7 Å². The first-order valence-corrected chi connectivity index (χ1v) is 6.55. The smallest absolute Gasteiger partial charge is 0.340 e. The maximum absolute atomic E-state index is 11.7. The monoisotopic (exact) mass is 299 g/mol. The molecule has 0 heterocycles. The number of carbonyl (C=O) groups is 1. The normalized spacial score (nSPS) is 10.5. The fraction of sp³-hybridized carbons (Fsp3) is 0.500. The van der Waals surface area contributed by atoms with E-state index in [0.29, 0.717) is 26.4 Å². The number of ether oxygens (including phenoxy) is 4. The second-order valence-corrected chi connectivity index (χ2v) is 4.13. The topological polar surface area (TPSA) is 100 Å². The third kappa shape index (κ3) is 6.94. The number of phenols is 1. The third-order valence-electron chi connectivity index (χ3n) is 2.52. The van der Waals surface area contributed by atoms with Crippen LogP contribution in [0.1, 0.15) is 10.4 Å². The number of anilines is 1. The van der Waals surface area contributed by atoms with Gasteiger partial charge in [0.1, 0.15) is 12.4 Å². The molecule has 1 aromatic rings. The molecule has 0 saturated heterocycles. The number of nitrogens with two attached hydrogens (primary N) is 1. The molecule has 7 heteroatoms. The van der Waals surface area contributed by atoms with E-state index < -0.39 is 5.97 Å². The Balaban J connectivity index is 2.12. The van der Waals surface area contributed by atoms with Crippen LogP contribution in [0.25, 0.3) is 0 Å². The lowest BCUT2D eigenvalue weighted by atomic mass is 10.2. The van der Waals surface area contributed by atoms with Crippen LogP contribution in [0.15, 0.2) is 18.2 Å². The zero-order valence-electron chi connectivity index (χ0n) is 12.0. The molecule has 0 spiro atoms. The molecule has 118 valence electrons. The maximum atomic E-state index is 11.7. The number of benzene rings is 1. The molecule has 0 amide bonds. The Bertz CT molecular complexity index is 437. The van der Waals surface area contributed by atoms with E-state index >= 15 is 0 Å². The van der Waals surface area contributed by atoms with Gasteiger partial charge >= 0.3 is 5.97 Å². The average molecular weight is 299 g/mol. The largest absolute Gasteiger partial charge is 0.508 e. The molecule has 0 radical (unpaired) electrons. The Morgan fingerprint density at radius 3 is 2.38 bits per heavy atom. The molecule has 0 aliphatic rings. The number of nitrogen functional groups attached to an aromatic ring is 1. The number of rotatable bonds is 10. The van der Waals surface area contributed by atoms with Gasteiger partial charge in [0.15, 0.2) is 0 Å². The van der Waals surface area contributed by atoms with Gasteiger partial charge in [0.2, 0.25) is 0 Å². The van der Waals surface area contributed by atoms with Crippen molar-refractivity contribution in [2.24, 2.45) is 0 Å². The highest BCUT2D eigenvalue weighted by molar-refractivity contribution is 5.95. The van der Waals surface area contributed by atoms with Crippen LogP contribution in [0.2, 0.25) is 0 Å². The van der Waals surface area contributed by atoms with Crippen LogP contribution in [0.3, 0.4) is 0 Å². The molecule has 0 unspecified atom stereocenters. The highest BCUT2D eigenvalue weighted by Gasteiger charge is 2.11. The van der Waals surface area contributed by atoms with Crippen molar-refractivity contribution >= 4 is 11.7 Å². The fourth-order valence-corrected chi connectivity index (χ4v) is 1.46. The zero-order valence-corrected chi connectivity index (χ0v) is 12.0. The van der Waals surface area contributed by atoms with Gasteiger partial charge in [-0.2, -0.15) is 0 Å². The van der Waals surface area contributed by atoms with E-state index in [1.165, 1.54) is 18.2 Å². The number of phenolic OH excluding ortho intramolecular Hbond substituents is 1. The first-order valence-electron chi connectivity index (χ1n) is 6.55. The molecule has 0 aliphatic heterocycles. The van der Waals surface area contributed by atoms with E-state index in [1.54, 1.807) is 7.11 Å². The number of hydrogen-bond donors (Lipinski definition) is 2. The number of carbonyl (C=O) groups excluding carboxylic acids is 1. The summed E-state index contributed by atoms with van der Waals surface area (Å²) < 4.78 is 20.2. The van der Waals surface area contributed by atoms with Gasteiger partial charge in [-0.1, -0.05) is 0 Å². The Morgan fingerprint density at radius 2 is 1.71 bits per heavy atom. The van der Waals surface area contributed by atoms with Gasteiger partial charge in [-0.05, 0) is 18.2 Å². The second-order valence-electron chi connectivity index (χ2n) is 4.13. The van der Waals surface area contributed by atoms with Gasteiger partial charge in [0.25, 0.3) is 0 Å². The molecule has 21 heavy (non-hydrogen) atoms. The second kappa shape index (κ2) is 9.98. The van der Waals surface area contributed by atoms with Crippen molar-refractivity contribution in [2.75, 3.05) is 52.5 Å². The van der Waals surface area contributed by atoms with Crippen LogP contribution in [-0.2, 0) is 18.9 Å². The summed E-state index contributed by atoms with van der Waals surface area (Å²) in [6, 6.07) is 4.11. The van der Waals surface area contributed by atoms with Crippen molar-refractivity contribution in [1.82, 2.24) is 0 Å². The highest BCUT2D eigenvalue weighted by Crippen LogP contribution is 2.19. The average Bonchev–Trinajstić information content (AvgIpc) is 2.48. The van der Waals surface area contributed by atoms with E-state index in [1.807, 2.05) is 0 Å². The molecule has 0 atom stereocenters. The predicted octanol–water partition coefficient (Wildman–Crippen LogP) is 0.811. The van der Waals surface area contributed by atoms with Crippen molar-refractivity contribution < 1.29 is 28.8 Å². The standard InChI is InChI=1S/C14H21NO6/c1-18-4-5-19-6-7-20-8-9-21-14(17)12-10-11(16)2-3-13(12)15/h2-3,10,16H,4-9,15H2,1H3. The Morgan fingerprint density at radius 1 is 1.10 bits per heavy atom. The Hall–Kier alpha value is -1.83. The van der Waals surface area contributed by atoms with Gasteiger partial charge in [-0.15, -0.1) is 0 Å². The first kappa shape index (κ1) is 17.2. The highest BCUT2D eigenvalue weighted by atomic mass is 16.6. The van der Waals surface area contributed by atoms with Crippen molar-refractivity contribution in [3.05, 3.63) is 23.8 Å². The quantitative estimate of drug-likeness (QED) is 0.285. The Kier molecular flexibility index (Phi) is 8.18. The van der Waals surface area contributed by atoms with E-state index in [2.05, 4.69) is 0 Å². The van der Waals surface area contributed by atoms with Crippen LogP contribution < -0.4 is 5.73 Å². The summed E-state index contributed by atoms with van der Waals surface area (Å²) >= 11 is 0. The molecular weight excluding hydrogens is 278 g/mol. The molecule has 0 aromatic heterocycles. The lowest BCUT2D eigenvalue weighted by Crippen LogP contribution is -2.14. The van der Waals surface area contributed by atoms with Gasteiger partial charge in [-0.25, -0.2) is 4.79 Å². The van der Waals surface area contributed by atoms with E-state index in [-0.39, 0.29) is 30.2 Å². The van der Waals surface area contributed by atoms with Crippen molar-refractivity contribution in [1.29, 1.82) is 0 Å². The third-order valence-corrected chi connectivity index (χ3v) is 2.52. The molecule has 0 bridgehead atoms. The summed E-state index contributed by atoms with van der Waals surface area (Å²) in [5, 5.41) is 9.31. The van der Waals surface area contributed by atoms with Crippen molar-refractivity contribution in [3.63, 3.8) is 0 Å². The summed E-state index contributed by atoms with van der Waals surface area (Å²) in [4.78, 5) is 11.7. The Labute approximate surface area is 123 Å². The molecule has 3 N–H and O–H groups in total. The van der Waals surface area contributed by atoms with Gasteiger partial charge in [0, 0.05) is 12.8 Å². The van der Waals surface area contributed by atoms with Gasteiger partial charge in [0.05, 0.1) is 38.6 Å². The van der Waals surface area contributed by atoms with Crippen LogP contribution in [0.5, 0.6) is 5.75 Å². The molecule has 1 aromatic carbocycles. The number of methoxy groups -OCH3 is 1. The van der Waals surface area contributed by atoms with E-state index in [9.17, 15) is 9.90 Å². The van der Waals surface area contributed by atoms with Crippen LogP contribution in [0, 0.1) is 0 Å². The van der Waals surface area contributed by atoms with Crippen LogP contribution >= 0.6 is 0 Å². The molecule has 1 rings (SSSR count). The van der Waals surface area contributed by atoms with Crippen molar-refractivity contribution in [3.8, 4) is 5.75 Å². The van der Waals surface area contributed by atoms with Crippen LogP contribution in [-0.4, -0.2) is 57.8 Å². The van der Waals surface area contributed by atoms with Gasteiger partial charge < -0.3 is 29.8 Å². The van der Waals surface area contributed by atoms with E-state index in [0.717, 1.165) is 0 Å². The molecule has 0 aliphatic carbocycles. The SMILES string of the molecule is COCCOCCOCCOC(=O)c1cc(O)ccc1N.